The number of ether oxygens (including phenoxy) is 2. The van der Waals surface area contributed by atoms with Crippen molar-refractivity contribution in [2.75, 3.05) is 13.7 Å². The largest absolute Gasteiger partial charge is 0.497 e. The third-order valence-corrected chi connectivity index (χ3v) is 5.54. The van der Waals surface area contributed by atoms with Gasteiger partial charge in [-0.15, -0.1) is 0 Å². The normalized spacial score (nSPS) is 13.8. The van der Waals surface area contributed by atoms with Crippen molar-refractivity contribution < 1.29 is 27.5 Å². The van der Waals surface area contributed by atoms with Gasteiger partial charge >= 0.3 is 5.97 Å². The van der Waals surface area contributed by atoms with Gasteiger partial charge in [0.25, 0.3) is 0 Å². The van der Waals surface area contributed by atoms with Crippen molar-refractivity contribution in [1.29, 1.82) is 0 Å². The fourth-order valence-electron chi connectivity index (χ4n) is 2.35. The predicted octanol–water partition coefficient (Wildman–Crippen LogP) is 2.18. The van der Waals surface area contributed by atoms with Gasteiger partial charge in [-0.1, -0.05) is 6.07 Å². The number of sulfonamides is 1. The molecule has 0 spiro atoms. The van der Waals surface area contributed by atoms with Gasteiger partial charge in [-0.05, 0) is 55.3 Å². The van der Waals surface area contributed by atoms with E-state index in [1.165, 1.54) is 31.4 Å². The van der Waals surface area contributed by atoms with E-state index in [1.54, 1.807) is 24.3 Å². The molecule has 2 aromatic rings. The molecule has 0 aliphatic heterocycles. The van der Waals surface area contributed by atoms with Crippen molar-refractivity contribution in [3.8, 4) is 5.75 Å². The first-order valence-corrected chi connectivity index (χ1v) is 9.84. The lowest BCUT2D eigenvalue weighted by molar-refractivity contribution is 0.0474. The first-order valence-electron chi connectivity index (χ1n) is 8.36. The van der Waals surface area contributed by atoms with E-state index in [4.69, 9.17) is 9.47 Å². The number of carbonyl (C=O) groups is 2. The predicted molar refractivity (Wildman–Crippen MR) is 97.4 cm³/mol. The molecule has 0 unspecified atom stereocenters. The zero-order valence-corrected chi connectivity index (χ0v) is 15.5. The number of rotatable bonds is 8. The molecule has 3 rings (SSSR count). The highest BCUT2D eigenvalue weighted by atomic mass is 32.2. The summed E-state index contributed by atoms with van der Waals surface area (Å²) >= 11 is 0. The summed E-state index contributed by atoms with van der Waals surface area (Å²) in [6.07, 6.45) is 1.63. The Morgan fingerprint density at radius 3 is 2.41 bits per heavy atom. The van der Waals surface area contributed by atoms with E-state index >= 15 is 0 Å². The van der Waals surface area contributed by atoms with Crippen LogP contribution >= 0.6 is 0 Å². The molecular weight excluding hydrogens is 370 g/mol. The molecule has 0 saturated heterocycles. The maximum absolute atomic E-state index is 12.2. The molecule has 0 heterocycles. The lowest BCUT2D eigenvalue weighted by atomic mass is 10.1. The Hall–Kier alpha value is -2.71. The average molecular weight is 389 g/mol. The number of methoxy groups -OCH3 is 1. The standard InChI is InChI=1S/C19H19NO6S/c1-25-16-9-5-13(6-10-16)18(21)12-26-19(22)14-3-2-4-17(11-14)27(23,24)20-15-7-8-15/h2-6,9-11,15,20H,7-8,12H2,1H3. The van der Waals surface area contributed by atoms with E-state index in [1.807, 2.05) is 0 Å². The lowest BCUT2D eigenvalue weighted by Crippen LogP contribution is -2.26. The molecule has 1 fully saturated rings. The molecule has 0 radical (unpaired) electrons. The second kappa shape index (κ2) is 7.89. The van der Waals surface area contributed by atoms with Gasteiger partial charge in [0.2, 0.25) is 10.0 Å². The summed E-state index contributed by atoms with van der Waals surface area (Å²) < 4.78 is 37.1. The molecule has 1 aliphatic rings. The van der Waals surface area contributed by atoms with Gasteiger partial charge in [0.05, 0.1) is 17.6 Å². The molecule has 8 heteroatoms. The molecule has 0 amide bonds. The second-order valence-corrected chi connectivity index (χ2v) is 7.87. The van der Waals surface area contributed by atoms with E-state index in [-0.39, 0.29) is 22.3 Å². The minimum absolute atomic E-state index is 0.00895. The number of ketones is 1. The van der Waals surface area contributed by atoms with E-state index in [0.29, 0.717) is 11.3 Å². The third-order valence-electron chi connectivity index (χ3n) is 4.03. The van der Waals surface area contributed by atoms with Gasteiger partial charge < -0.3 is 9.47 Å². The number of hydrogen-bond acceptors (Lipinski definition) is 6. The van der Waals surface area contributed by atoms with Crippen LogP contribution in [0.15, 0.2) is 53.4 Å². The fraction of sp³-hybridized carbons (Fsp3) is 0.263. The molecule has 1 N–H and O–H groups in total. The van der Waals surface area contributed by atoms with E-state index in [0.717, 1.165) is 12.8 Å². The average Bonchev–Trinajstić information content (AvgIpc) is 3.49. The molecule has 27 heavy (non-hydrogen) atoms. The van der Waals surface area contributed by atoms with Crippen molar-refractivity contribution in [3.05, 3.63) is 59.7 Å². The lowest BCUT2D eigenvalue weighted by Gasteiger charge is -2.08. The van der Waals surface area contributed by atoms with E-state index in [9.17, 15) is 18.0 Å². The van der Waals surface area contributed by atoms with Crippen LogP contribution in [-0.2, 0) is 14.8 Å². The minimum atomic E-state index is -3.67. The highest BCUT2D eigenvalue weighted by molar-refractivity contribution is 7.89. The van der Waals surface area contributed by atoms with Gasteiger partial charge in [-0.2, -0.15) is 0 Å². The van der Waals surface area contributed by atoms with Crippen LogP contribution in [0.25, 0.3) is 0 Å². The summed E-state index contributed by atoms with van der Waals surface area (Å²) in [6.45, 7) is -0.442. The minimum Gasteiger partial charge on any atom is -0.497 e. The number of Topliss-reactive ketones (excluding diaryl/α,β-unsaturated/α-hetero) is 1. The molecule has 7 nitrogen and oxygen atoms in total. The van der Waals surface area contributed by atoms with Crippen molar-refractivity contribution in [1.82, 2.24) is 4.72 Å². The number of benzene rings is 2. The third kappa shape index (κ3) is 4.93. The number of hydrogen-bond donors (Lipinski definition) is 1. The molecule has 2 aromatic carbocycles. The number of esters is 1. The maximum Gasteiger partial charge on any atom is 0.338 e. The number of carbonyl (C=O) groups excluding carboxylic acids is 2. The SMILES string of the molecule is COc1ccc(C(=O)COC(=O)c2cccc(S(=O)(=O)NC3CC3)c2)cc1. The number of nitrogens with one attached hydrogen (secondary N) is 1. The molecule has 1 aliphatic carbocycles. The van der Waals surface area contributed by atoms with Crippen molar-refractivity contribution >= 4 is 21.8 Å². The molecular formula is C19H19NO6S. The van der Waals surface area contributed by atoms with Gasteiger partial charge in [-0.25, -0.2) is 17.9 Å². The van der Waals surface area contributed by atoms with Crippen molar-refractivity contribution in [2.45, 2.75) is 23.8 Å². The van der Waals surface area contributed by atoms with Crippen molar-refractivity contribution in [2.24, 2.45) is 0 Å². The summed E-state index contributed by atoms with van der Waals surface area (Å²) in [5.41, 5.74) is 0.449. The zero-order valence-electron chi connectivity index (χ0n) is 14.7. The Morgan fingerprint density at radius 1 is 1.07 bits per heavy atom. The Balaban J connectivity index is 1.63. The van der Waals surface area contributed by atoms with Crippen molar-refractivity contribution in [3.63, 3.8) is 0 Å². The molecule has 0 atom stereocenters. The highest BCUT2D eigenvalue weighted by Gasteiger charge is 2.28. The van der Waals surface area contributed by atoms with Gasteiger partial charge in [0, 0.05) is 11.6 Å². The fourth-order valence-corrected chi connectivity index (χ4v) is 3.70. The Morgan fingerprint density at radius 2 is 1.78 bits per heavy atom. The molecule has 142 valence electrons. The molecule has 0 aromatic heterocycles. The van der Waals surface area contributed by atoms with E-state index in [2.05, 4.69) is 4.72 Å². The van der Waals surface area contributed by atoms with Crippen LogP contribution in [0, 0.1) is 0 Å². The topological polar surface area (TPSA) is 98.8 Å². The first kappa shape index (κ1) is 19.1. The van der Waals surface area contributed by atoms with Crippen LogP contribution in [0.3, 0.4) is 0 Å². The van der Waals surface area contributed by atoms with Crippen LogP contribution in [-0.4, -0.2) is 39.9 Å². The van der Waals surface area contributed by atoms with E-state index < -0.39 is 22.6 Å². The quantitative estimate of drug-likeness (QED) is 0.549. The summed E-state index contributed by atoms with van der Waals surface area (Å²) in [6, 6.07) is 11.9. The van der Waals surface area contributed by atoms with Crippen LogP contribution < -0.4 is 9.46 Å². The molecule has 1 saturated carbocycles. The molecule has 0 bridgehead atoms. The van der Waals surface area contributed by atoms with Gasteiger partial charge in [-0.3, -0.25) is 4.79 Å². The van der Waals surface area contributed by atoms with Crippen LogP contribution in [0.4, 0.5) is 0 Å². The monoisotopic (exact) mass is 389 g/mol. The van der Waals surface area contributed by atoms with Gasteiger partial charge in [0.15, 0.2) is 12.4 Å². The second-order valence-electron chi connectivity index (χ2n) is 6.15. The first-order chi connectivity index (χ1) is 12.9. The summed E-state index contributed by atoms with van der Waals surface area (Å²) in [5.74, 6) is -0.521. The Labute approximate surface area is 157 Å². The van der Waals surface area contributed by atoms with Crippen LogP contribution in [0.5, 0.6) is 5.75 Å². The highest BCUT2D eigenvalue weighted by Crippen LogP contribution is 2.22. The van der Waals surface area contributed by atoms with Crippen LogP contribution in [0.1, 0.15) is 33.6 Å². The summed E-state index contributed by atoms with van der Waals surface area (Å²) in [4.78, 5) is 24.3. The Bertz CT molecular complexity index is 948. The smallest absolute Gasteiger partial charge is 0.338 e. The zero-order chi connectivity index (χ0) is 19.4. The van der Waals surface area contributed by atoms with Crippen LogP contribution in [0.2, 0.25) is 0 Å². The Kier molecular flexibility index (Phi) is 5.57. The maximum atomic E-state index is 12.2. The van der Waals surface area contributed by atoms with Gasteiger partial charge in [0.1, 0.15) is 5.75 Å². The summed E-state index contributed by atoms with van der Waals surface area (Å²) in [7, 11) is -2.15. The summed E-state index contributed by atoms with van der Waals surface area (Å²) in [5, 5.41) is 0.